The zero-order valence-electron chi connectivity index (χ0n) is 15.7. The fourth-order valence-corrected chi connectivity index (χ4v) is 3.24. The van der Waals surface area contributed by atoms with Crippen LogP contribution in [0.5, 0.6) is 5.75 Å². The Bertz CT molecular complexity index is 984. The number of rotatable bonds is 4. The molecule has 0 bridgehead atoms. The van der Waals surface area contributed by atoms with Crippen molar-refractivity contribution < 1.29 is 14.3 Å². The summed E-state index contributed by atoms with van der Waals surface area (Å²) in [7, 11) is 0. The minimum atomic E-state index is -0.534. The molecule has 1 aliphatic heterocycles. The van der Waals surface area contributed by atoms with Gasteiger partial charge in [-0.1, -0.05) is 29.8 Å². The maximum atomic E-state index is 13.1. The van der Waals surface area contributed by atoms with Crippen molar-refractivity contribution in [1.82, 2.24) is 5.32 Å². The molecule has 2 aromatic carbocycles. The van der Waals surface area contributed by atoms with Crippen LogP contribution in [0.4, 0.5) is 5.69 Å². The van der Waals surface area contributed by atoms with Gasteiger partial charge in [0.1, 0.15) is 11.3 Å². The standard InChI is InChI=1S/C21H19ClN2O3S/c1-12(2)27-15-9-7-14(8-10-15)11-16-19(25)23-21(28)24(20(16)26)18-6-4-5-17(22)13(18)3/h4-12H,1-3H3,(H,23,25,28)/b16-11+. The summed E-state index contributed by atoms with van der Waals surface area (Å²) in [6, 6.07) is 12.4. The quantitative estimate of drug-likeness (QED) is 0.461. The van der Waals surface area contributed by atoms with Crippen LogP contribution in [0.3, 0.4) is 0 Å². The molecule has 1 aliphatic rings. The highest BCUT2D eigenvalue weighted by molar-refractivity contribution is 7.80. The van der Waals surface area contributed by atoms with Gasteiger partial charge in [-0.05, 0) is 74.5 Å². The Morgan fingerprint density at radius 2 is 1.82 bits per heavy atom. The van der Waals surface area contributed by atoms with Crippen LogP contribution < -0.4 is 15.0 Å². The molecule has 5 nitrogen and oxygen atoms in total. The van der Waals surface area contributed by atoms with Crippen molar-refractivity contribution in [3.05, 3.63) is 64.2 Å². The Morgan fingerprint density at radius 3 is 2.46 bits per heavy atom. The van der Waals surface area contributed by atoms with E-state index in [0.717, 1.165) is 0 Å². The summed E-state index contributed by atoms with van der Waals surface area (Å²) >= 11 is 11.4. The van der Waals surface area contributed by atoms with Gasteiger partial charge in [0.15, 0.2) is 5.11 Å². The molecule has 2 aromatic rings. The monoisotopic (exact) mass is 414 g/mol. The van der Waals surface area contributed by atoms with E-state index < -0.39 is 11.8 Å². The molecule has 1 fully saturated rings. The largest absolute Gasteiger partial charge is 0.491 e. The number of ether oxygens (including phenoxy) is 1. The molecule has 0 atom stereocenters. The lowest BCUT2D eigenvalue weighted by molar-refractivity contribution is -0.122. The smallest absolute Gasteiger partial charge is 0.270 e. The third kappa shape index (κ3) is 4.08. The van der Waals surface area contributed by atoms with Crippen molar-refractivity contribution in [2.24, 2.45) is 0 Å². The van der Waals surface area contributed by atoms with Gasteiger partial charge in [0, 0.05) is 5.02 Å². The molecule has 3 rings (SSSR count). The van der Waals surface area contributed by atoms with Crippen LogP contribution in [0.1, 0.15) is 25.0 Å². The van der Waals surface area contributed by atoms with Crippen LogP contribution in [0.15, 0.2) is 48.0 Å². The summed E-state index contributed by atoms with van der Waals surface area (Å²) in [4.78, 5) is 26.8. The first-order chi connectivity index (χ1) is 13.3. The van der Waals surface area contributed by atoms with Crippen LogP contribution in [-0.4, -0.2) is 23.0 Å². The Balaban J connectivity index is 1.96. The molecule has 1 heterocycles. The van der Waals surface area contributed by atoms with E-state index in [4.69, 9.17) is 28.6 Å². The van der Waals surface area contributed by atoms with Gasteiger partial charge in [0.2, 0.25) is 0 Å². The Kier molecular flexibility index (Phi) is 5.82. The molecule has 144 valence electrons. The number of hydrogen-bond donors (Lipinski definition) is 1. The second-order valence-electron chi connectivity index (χ2n) is 6.58. The maximum Gasteiger partial charge on any atom is 0.270 e. The van der Waals surface area contributed by atoms with Gasteiger partial charge in [0.25, 0.3) is 11.8 Å². The molecule has 0 unspecified atom stereocenters. The molecule has 0 radical (unpaired) electrons. The summed E-state index contributed by atoms with van der Waals surface area (Å²) < 4.78 is 5.61. The zero-order chi connectivity index (χ0) is 20.4. The molecule has 2 amide bonds. The number of carbonyl (C=O) groups is 2. The van der Waals surface area contributed by atoms with Gasteiger partial charge in [-0.3, -0.25) is 19.8 Å². The summed E-state index contributed by atoms with van der Waals surface area (Å²) in [5, 5.41) is 3.11. The average molecular weight is 415 g/mol. The van der Waals surface area contributed by atoms with Crippen LogP contribution in [-0.2, 0) is 9.59 Å². The lowest BCUT2D eigenvalue weighted by Crippen LogP contribution is -2.54. The zero-order valence-corrected chi connectivity index (χ0v) is 17.2. The number of amides is 2. The number of nitrogens with one attached hydrogen (secondary N) is 1. The molecule has 1 N–H and O–H groups in total. The topological polar surface area (TPSA) is 58.6 Å². The van der Waals surface area contributed by atoms with Crippen molar-refractivity contribution >= 4 is 52.5 Å². The third-order valence-corrected chi connectivity index (χ3v) is 4.84. The SMILES string of the molecule is Cc1c(Cl)cccc1N1C(=O)/C(=C/c2ccc(OC(C)C)cc2)C(=O)NC1=S. The molecule has 7 heteroatoms. The number of anilines is 1. The molecule has 0 aromatic heterocycles. The second-order valence-corrected chi connectivity index (χ2v) is 7.37. The normalized spacial score (nSPS) is 16.0. The highest BCUT2D eigenvalue weighted by atomic mass is 35.5. The second kappa shape index (κ2) is 8.12. The first-order valence-corrected chi connectivity index (χ1v) is 9.50. The van der Waals surface area contributed by atoms with Crippen molar-refractivity contribution in [2.75, 3.05) is 4.90 Å². The van der Waals surface area contributed by atoms with E-state index in [-0.39, 0.29) is 16.8 Å². The predicted molar refractivity (Wildman–Crippen MR) is 115 cm³/mol. The number of benzene rings is 2. The molecule has 0 spiro atoms. The molecule has 28 heavy (non-hydrogen) atoms. The van der Waals surface area contributed by atoms with Gasteiger partial charge in [-0.25, -0.2) is 0 Å². The molecular formula is C21H19ClN2O3S. The third-order valence-electron chi connectivity index (χ3n) is 4.14. The van der Waals surface area contributed by atoms with Crippen molar-refractivity contribution in [3.63, 3.8) is 0 Å². The molecule has 0 aliphatic carbocycles. The van der Waals surface area contributed by atoms with E-state index in [1.54, 1.807) is 49.4 Å². The van der Waals surface area contributed by atoms with Crippen LogP contribution in [0.2, 0.25) is 5.02 Å². The molecular weight excluding hydrogens is 396 g/mol. The van der Waals surface area contributed by atoms with Gasteiger partial charge in [-0.2, -0.15) is 0 Å². The number of carbonyl (C=O) groups excluding carboxylic acids is 2. The molecule has 1 saturated heterocycles. The van der Waals surface area contributed by atoms with E-state index in [0.29, 0.717) is 27.6 Å². The lowest BCUT2D eigenvalue weighted by atomic mass is 10.1. The van der Waals surface area contributed by atoms with E-state index in [1.165, 1.54) is 11.0 Å². The fraction of sp³-hybridized carbons (Fsp3) is 0.190. The fourth-order valence-electron chi connectivity index (χ4n) is 2.80. The summed E-state index contributed by atoms with van der Waals surface area (Å²) in [6.45, 7) is 5.67. The first kappa shape index (κ1) is 20.0. The van der Waals surface area contributed by atoms with E-state index in [2.05, 4.69) is 5.32 Å². The Hall–Kier alpha value is -2.70. The van der Waals surface area contributed by atoms with Gasteiger partial charge in [0.05, 0.1) is 11.8 Å². The minimum Gasteiger partial charge on any atom is -0.491 e. The number of hydrogen-bond acceptors (Lipinski definition) is 4. The van der Waals surface area contributed by atoms with E-state index in [9.17, 15) is 9.59 Å². The summed E-state index contributed by atoms with van der Waals surface area (Å²) in [5.74, 6) is -0.316. The van der Waals surface area contributed by atoms with Gasteiger partial charge < -0.3 is 4.74 Å². The highest BCUT2D eigenvalue weighted by Crippen LogP contribution is 2.29. The van der Waals surface area contributed by atoms with Gasteiger partial charge in [-0.15, -0.1) is 0 Å². The van der Waals surface area contributed by atoms with Gasteiger partial charge >= 0.3 is 0 Å². The summed E-state index contributed by atoms with van der Waals surface area (Å²) in [5.41, 5.74) is 1.93. The van der Waals surface area contributed by atoms with E-state index >= 15 is 0 Å². The van der Waals surface area contributed by atoms with Crippen LogP contribution in [0, 0.1) is 6.92 Å². The van der Waals surface area contributed by atoms with E-state index in [1.807, 2.05) is 13.8 Å². The first-order valence-electron chi connectivity index (χ1n) is 8.71. The maximum absolute atomic E-state index is 13.1. The van der Waals surface area contributed by atoms with Crippen molar-refractivity contribution in [3.8, 4) is 5.75 Å². The highest BCUT2D eigenvalue weighted by Gasteiger charge is 2.35. The van der Waals surface area contributed by atoms with Crippen LogP contribution >= 0.6 is 23.8 Å². The number of nitrogens with zero attached hydrogens (tertiary/aromatic N) is 1. The van der Waals surface area contributed by atoms with Crippen molar-refractivity contribution in [1.29, 1.82) is 0 Å². The Morgan fingerprint density at radius 1 is 1.14 bits per heavy atom. The number of halogens is 1. The molecule has 0 saturated carbocycles. The van der Waals surface area contributed by atoms with Crippen molar-refractivity contribution in [2.45, 2.75) is 26.9 Å². The predicted octanol–water partition coefficient (Wildman–Crippen LogP) is 4.27. The number of thiocarbonyl (C=S) groups is 1. The Labute approximate surface area is 173 Å². The minimum absolute atomic E-state index is 0.00879. The van der Waals surface area contributed by atoms with Crippen LogP contribution in [0.25, 0.3) is 6.08 Å². The average Bonchev–Trinajstić information content (AvgIpc) is 2.63. The lowest BCUT2D eigenvalue weighted by Gasteiger charge is -2.30. The summed E-state index contributed by atoms with van der Waals surface area (Å²) in [6.07, 6.45) is 1.59.